The van der Waals surface area contributed by atoms with Gasteiger partial charge in [0.1, 0.15) is 10.6 Å². The van der Waals surface area contributed by atoms with Crippen LogP contribution in [0.5, 0.6) is 5.75 Å². The molecule has 0 aliphatic rings. The van der Waals surface area contributed by atoms with Crippen molar-refractivity contribution in [2.45, 2.75) is 11.8 Å². The van der Waals surface area contributed by atoms with E-state index in [4.69, 9.17) is 15.0 Å². The second kappa shape index (κ2) is 6.39. The summed E-state index contributed by atoms with van der Waals surface area (Å²) >= 11 is 0. The van der Waals surface area contributed by atoms with E-state index in [0.717, 1.165) is 0 Å². The molecule has 1 aromatic rings. The van der Waals surface area contributed by atoms with Crippen molar-refractivity contribution in [3.63, 3.8) is 0 Å². The summed E-state index contributed by atoms with van der Waals surface area (Å²) in [6.45, 7) is 1.24. The fourth-order valence-electron chi connectivity index (χ4n) is 1.40. The molecular formula is C10H15NO7S2. The molecule has 20 heavy (non-hydrogen) atoms. The van der Waals surface area contributed by atoms with Gasteiger partial charge in [-0.25, -0.2) is 12.6 Å². The topological polar surface area (TPSA) is 133 Å². The monoisotopic (exact) mass is 325 g/mol. The van der Waals surface area contributed by atoms with E-state index in [0.29, 0.717) is 0 Å². The summed E-state index contributed by atoms with van der Waals surface area (Å²) in [4.78, 5) is -0.154. The molecule has 0 aliphatic carbocycles. The Hall–Kier alpha value is -1.36. The van der Waals surface area contributed by atoms with Gasteiger partial charge in [-0.05, 0) is 25.1 Å². The first-order chi connectivity index (χ1) is 9.15. The maximum absolute atomic E-state index is 12.1. The van der Waals surface area contributed by atoms with Crippen LogP contribution in [0.4, 0.5) is 5.69 Å². The second-order valence-corrected chi connectivity index (χ2v) is 6.88. The lowest BCUT2D eigenvalue weighted by Crippen LogP contribution is -2.16. The molecular weight excluding hydrogens is 310 g/mol. The summed E-state index contributed by atoms with van der Waals surface area (Å²) in [6, 6.07) is 4.11. The lowest BCUT2D eigenvalue weighted by atomic mass is 10.3. The summed E-state index contributed by atoms with van der Waals surface area (Å²) in [5.74, 6) is -0.524. The highest BCUT2D eigenvalue weighted by Crippen LogP contribution is 2.27. The third kappa shape index (κ3) is 4.96. The van der Waals surface area contributed by atoms with E-state index in [1.165, 1.54) is 18.2 Å². The first-order valence-electron chi connectivity index (χ1n) is 5.52. The van der Waals surface area contributed by atoms with Crippen LogP contribution < -0.4 is 10.5 Å². The molecule has 0 saturated heterocycles. The van der Waals surface area contributed by atoms with Crippen molar-refractivity contribution in [1.82, 2.24) is 0 Å². The molecule has 0 radical (unpaired) electrons. The number of hydrogen-bond acceptors (Lipinski definition) is 7. The van der Waals surface area contributed by atoms with Crippen molar-refractivity contribution in [3.05, 3.63) is 18.2 Å². The molecule has 0 atom stereocenters. The predicted octanol–water partition coefficient (Wildman–Crippen LogP) is 0.261. The van der Waals surface area contributed by atoms with Gasteiger partial charge in [0.15, 0.2) is 9.84 Å². The molecule has 1 aromatic carbocycles. The normalized spacial score (nSPS) is 12.3. The zero-order valence-corrected chi connectivity index (χ0v) is 12.3. The summed E-state index contributed by atoms with van der Waals surface area (Å²) in [5, 5.41) is 0. The largest absolute Gasteiger partial charge is 0.493 e. The van der Waals surface area contributed by atoms with Gasteiger partial charge in [0.25, 0.3) is 0 Å². The van der Waals surface area contributed by atoms with Crippen LogP contribution in [0.3, 0.4) is 0 Å². The molecule has 114 valence electrons. The third-order valence-corrected chi connectivity index (χ3v) is 4.34. The standard InChI is InChI=1S/C10H15NO7S2/c1-2-17-9-4-3-8(11)7-10(9)19(12,13)6-5-18-20(14,15)16/h3-4,7H,2,5-6,11H2,1H3,(H,14,15,16). The van der Waals surface area contributed by atoms with Gasteiger partial charge in [0.05, 0.1) is 19.0 Å². The van der Waals surface area contributed by atoms with Gasteiger partial charge in [0, 0.05) is 5.69 Å². The van der Waals surface area contributed by atoms with Crippen LogP contribution >= 0.6 is 0 Å². The first kappa shape index (κ1) is 16.7. The van der Waals surface area contributed by atoms with Crippen LogP contribution in [0.15, 0.2) is 23.1 Å². The molecule has 0 heterocycles. The molecule has 8 nitrogen and oxygen atoms in total. The van der Waals surface area contributed by atoms with Gasteiger partial charge in [-0.1, -0.05) is 0 Å². The third-order valence-electron chi connectivity index (χ3n) is 2.19. The molecule has 0 spiro atoms. The molecule has 10 heteroatoms. The molecule has 0 bridgehead atoms. The maximum atomic E-state index is 12.1. The minimum absolute atomic E-state index is 0.119. The van der Waals surface area contributed by atoms with Crippen LogP contribution in [-0.2, 0) is 24.4 Å². The highest BCUT2D eigenvalue weighted by atomic mass is 32.3. The number of rotatable bonds is 7. The number of sulfone groups is 1. The number of hydrogen-bond donors (Lipinski definition) is 2. The van der Waals surface area contributed by atoms with Crippen molar-refractivity contribution < 1.29 is 30.3 Å². The van der Waals surface area contributed by atoms with Gasteiger partial charge < -0.3 is 10.5 Å². The first-order valence-corrected chi connectivity index (χ1v) is 8.54. The Morgan fingerprint density at radius 3 is 2.45 bits per heavy atom. The molecule has 3 N–H and O–H groups in total. The average Bonchev–Trinajstić information content (AvgIpc) is 2.29. The van der Waals surface area contributed by atoms with E-state index >= 15 is 0 Å². The molecule has 0 aliphatic heterocycles. The maximum Gasteiger partial charge on any atom is 0.397 e. The SMILES string of the molecule is CCOc1ccc(N)cc1S(=O)(=O)CCOS(=O)(=O)O. The Bertz CT molecular complexity index is 667. The van der Waals surface area contributed by atoms with Crippen LogP contribution in [0.1, 0.15) is 6.92 Å². The average molecular weight is 325 g/mol. The van der Waals surface area contributed by atoms with Crippen molar-refractivity contribution in [2.24, 2.45) is 0 Å². The molecule has 0 fully saturated rings. The number of benzene rings is 1. The summed E-state index contributed by atoms with van der Waals surface area (Å²) in [7, 11) is -8.54. The summed E-state index contributed by atoms with van der Waals surface area (Å²) in [5.41, 5.74) is 5.76. The van der Waals surface area contributed by atoms with Crippen molar-refractivity contribution in [2.75, 3.05) is 24.7 Å². The predicted molar refractivity (Wildman–Crippen MR) is 71.6 cm³/mol. The highest BCUT2D eigenvalue weighted by molar-refractivity contribution is 7.91. The Labute approximate surface area is 117 Å². The second-order valence-electron chi connectivity index (χ2n) is 3.71. The quantitative estimate of drug-likeness (QED) is 0.539. The van der Waals surface area contributed by atoms with E-state index in [1.807, 2.05) is 0 Å². The van der Waals surface area contributed by atoms with Crippen molar-refractivity contribution in [3.8, 4) is 5.75 Å². The van der Waals surface area contributed by atoms with Gasteiger partial charge >= 0.3 is 10.4 Å². The minimum atomic E-state index is -4.68. The van der Waals surface area contributed by atoms with E-state index in [-0.39, 0.29) is 22.9 Å². The Kier molecular flexibility index (Phi) is 5.34. The number of nitrogen functional groups attached to an aromatic ring is 1. The Balaban J connectivity index is 2.99. The molecule has 0 amide bonds. The summed E-state index contributed by atoms with van der Waals surface area (Å²) < 4.78 is 62.4. The van der Waals surface area contributed by atoms with E-state index in [1.54, 1.807) is 6.92 Å². The summed E-state index contributed by atoms with van der Waals surface area (Å²) in [6.07, 6.45) is 0. The number of anilines is 1. The molecule has 0 unspecified atom stereocenters. The zero-order chi connectivity index (χ0) is 15.4. The van der Waals surface area contributed by atoms with Gasteiger partial charge in [-0.3, -0.25) is 4.55 Å². The highest BCUT2D eigenvalue weighted by Gasteiger charge is 2.21. The lowest BCUT2D eigenvalue weighted by molar-refractivity contribution is 0.283. The molecule has 1 rings (SSSR count). The Morgan fingerprint density at radius 2 is 1.90 bits per heavy atom. The molecule has 0 aromatic heterocycles. The van der Waals surface area contributed by atoms with E-state index in [2.05, 4.69) is 4.18 Å². The minimum Gasteiger partial charge on any atom is -0.493 e. The van der Waals surface area contributed by atoms with Gasteiger partial charge in [0.2, 0.25) is 0 Å². The van der Waals surface area contributed by atoms with Crippen molar-refractivity contribution >= 4 is 25.9 Å². The van der Waals surface area contributed by atoms with E-state index in [9.17, 15) is 16.8 Å². The number of ether oxygens (including phenoxy) is 1. The van der Waals surface area contributed by atoms with Crippen LogP contribution in [-0.4, -0.2) is 40.4 Å². The van der Waals surface area contributed by atoms with E-state index < -0.39 is 32.6 Å². The smallest absolute Gasteiger partial charge is 0.397 e. The number of nitrogens with two attached hydrogens (primary N) is 1. The zero-order valence-electron chi connectivity index (χ0n) is 10.6. The Morgan fingerprint density at radius 1 is 1.25 bits per heavy atom. The van der Waals surface area contributed by atoms with Gasteiger partial charge in [-0.15, -0.1) is 0 Å². The van der Waals surface area contributed by atoms with Crippen molar-refractivity contribution in [1.29, 1.82) is 0 Å². The lowest BCUT2D eigenvalue weighted by Gasteiger charge is -2.11. The fraction of sp³-hybridized carbons (Fsp3) is 0.400. The van der Waals surface area contributed by atoms with Crippen LogP contribution in [0, 0.1) is 0 Å². The van der Waals surface area contributed by atoms with Crippen LogP contribution in [0.25, 0.3) is 0 Å². The fourth-order valence-corrected chi connectivity index (χ4v) is 3.07. The molecule has 0 saturated carbocycles. The van der Waals surface area contributed by atoms with Crippen LogP contribution in [0.2, 0.25) is 0 Å². The van der Waals surface area contributed by atoms with Gasteiger partial charge in [-0.2, -0.15) is 8.42 Å².